The zero-order valence-electron chi connectivity index (χ0n) is 11.6. The summed E-state index contributed by atoms with van der Waals surface area (Å²) in [5.74, 6) is 0.637. The number of hydrogen-bond donors (Lipinski definition) is 0. The van der Waals surface area contributed by atoms with Gasteiger partial charge in [0.1, 0.15) is 0 Å². The zero-order valence-corrected chi connectivity index (χ0v) is 11.6. The Labute approximate surface area is 110 Å². The molecule has 2 aliphatic rings. The Bertz CT molecular complexity index is 470. The van der Waals surface area contributed by atoms with Gasteiger partial charge in [0.25, 0.3) is 0 Å². The lowest BCUT2D eigenvalue weighted by atomic mass is 9.79. The van der Waals surface area contributed by atoms with E-state index < -0.39 is 0 Å². The largest absolute Gasteiger partial charge is 0.367 e. The molecule has 1 fully saturated rings. The molecule has 1 nitrogen and oxygen atoms in total. The maximum atomic E-state index is 6.39. The van der Waals surface area contributed by atoms with Gasteiger partial charge in [0.2, 0.25) is 0 Å². The van der Waals surface area contributed by atoms with Crippen molar-refractivity contribution in [2.24, 2.45) is 5.92 Å². The van der Waals surface area contributed by atoms with E-state index in [4.69, 9.17) is 4.74 Å². The third-order valence-corrected chi connectivity index (χ3v) is 4.64. The number of ether oxygens (including phenoxy) is 1. The lowest BCUT2D eigenvalue weighted by molar-refractivity contribution is -0.121. The summed E-state index contributed by atoms with van der Waals surface area (Å²) in [6, 6.07) is 10.7. The smallest absolute Gasteiger partial charge is 0.0869 e. The molecule has 18 heavy (non-hydrogen) atoms. The lowest BCUT2D eigenvalue weighted by Gasteiger charge is -2.43. The molecular formula is C17H22O. The van der Waals surface area contributed by atoms with E-state index in [2.05, 4.69) is 51.1 Å². The summed E-state index contributed by atoms with van der Waals surface area (Å²) in [7, 11) is 0. The Morgan fingerprint density at radius 2 is 1.89 bits per heavy atom. The monoisotopic (exact) mass is 242 g/mol. The zero-order chi connectivity index (χ0) is 12.8. The highest BCUT2D eigenvalue weighted by Crippen LogP contribution is 2.50. The standard InChI is InChI=1S/C17H22O/c1-12-9-10-15-14(12)11-16(18-17(15,2)3)13-7-5-4-6-8-13/h4-8,15-16H,9-11H2,1-3H3/t15-,16+/m1/s1. The van der Waals surface area contributed by atoms with Gasteiger partial charge in [-0.3, -0.25) is 0 Å². The Kier molecular flexibility index (Phi) is 2.82. The molecule has 0 amide bonds. The molecule has 0 spiro atoms. The van der Waals surface area contributed by atoms with Crippen molar-refractivity contribution in [3.05, 3.63) is 47.0 Å². The first-order valence-corrected chi connectivity index (χ1v) is 6.99. The van der Waals surface area contributed by atoms with E-state index in [9.17, 15) is 0 Å². The van der Waals surface area contributed by atoms with E-state index in [-0.39, 0.29) is 11.7 Å². The van der Waals surface area contributed by atoms with Crippen LogP contribution < -0.4 is 0 Å². The van der Waals surface area contributed by atoms with Crippen LogP contribution in [0.25, 0.3) is 0 Å². The van der Waals surface area contributed by atoms with Gasteiger partial charge in [-0.2, -0.15) is 0 Å². The van der Waals surface area contributed by atoms with Crippen LogP contribution in [0.2, 0.25) is 0 Å². The van der Waals surface area contributed by atoms with Crippen LogP contribution in [-0.4, -0.2) is 5.60 Å². The minimum atomic E-state index is -0.0220. The van der Waals surface area contributed by atoms with Gasteiger partial charge in [-0.25, -0.2) is 0 Å². The fourth-order valence-corrected chi connectivity index (χ4v) is 3.62. The highest BCUT2D eigenvalue weighted by molar-refractivity contribution is 5.30. The molecule has 1 aliphatic carbocycles. The number of fused-ring (bicyclic) bond motifs is 1. The number of benzene rings is 1. The summed E-state index contributed by atoms with van der Waals surface area (Å²) in [6.45, 7) is 6.82. The molecule has 0 N–H and O–H groups in total. The van der Waals surface area contributed by atoms with Crippen molar-refractivity contribution in [2.75, 3.05) is 0 Å². The van der Waals surface area contributed by atoms with Gasteiger partial charge >= 0.3 is 0 Å². The van der Waals surface area contributed by atoms with Crippen LogP contribution in [-0.2, 0) is 4.74 Å². The minimum Gasteiger partial charge on any atom is -0.367 e. The number of rotatable bonds is 1. The average Bonchev–Trinajstić information content (AvgIpc) is 2.73. The SMILES string of the molecule is CC1=C2C[C@@H](c3ccccc3)OC(C)(C)[C@@H]2CC1. The molecule has 0 unspecified atom stereocenters. The van der Waals surface area contributed by atoms with E-state index in [1.54, 1.807) is 11.1 Å². The van der Waals surface area contributed by atoms with Gasteiger partial charge in [0.05, 0.1) is 11.7 Å². The third-order valence-electron chi connectivity index (χ3n) is 4.64. The van der Waals surface area contributed by atoms with Crippen molar-refractivity contribution in [2.45, 2.75) is 51.7 Å². The second-order valence-corrected chi connectivity index (χ2v) is 6.22. The van der Waals surface area contributed by atoms with Crippen LogP contribution >= 0.6 is 0 Å². The fraction of sp³-hybridized carbons (Fsp3) is 0.529. The van der Waals surface area contributed by atoms with Gasteiger partial charge < -0.3 is 4.74 Å². The topological polar surface area (TPSA) is 9.23 Å². The molecule has 2 atom stereocenters. The third kappa shape index (κ3) is 1.91. The number of hydrogen-bond acceptors (Lipinski definition) is 1. The van der Waals surface area contributed by atoms with Crippen molar-refractivity contribution in [1.29, 1.82) is 0 Å². The van der Waals surface area contributed by atoms with Crippen LogP contribution in [0, 0.1) is 5.92 Å². The van der Waals surface area contributed by atoms with Crippen molar-refractivity contribution in [3.63, 3.8) is 0 Å². The molecule has 96 valence electrons. The quantitative estimate of drug-likeness (QED) is 0.651. The highest BCUT2D eigenvalue weighted by Gasteiger charge is 2.43. The van der Waals surface area contributed by atoms with Gasteiger partial charge in [-0.05, 0) is 45.6 Å². The Hall–Kier alpha value is -1.08. The molecule has 0 saturated carbocycles. The van der Waals surface area contributed by atoms with Gasteiger partial charge in [0.15, 0.2) is 0 Å². The minimum absolute atomic E-state index is 0.0220. The summed E-state index contributed by atoms with van der Waals surface area (Å²) in [6.07, 6.45) is 3.86. The summed E-state index contributed by atoms with van der Waals surface area (Å²) in [4.78, 5) is 0. The van der Waals surface area contributed by atoms with Gasteiger partial charge in [-0.1, -0.05) is 41.5 Å². The Balaban J connectivity index is 1.94. The molecule has 1 saturated heterocycles. The van der Waals surface area contributed by atoms with E-state index in [1.807, 2.05) is 0 Å². The Morgan fingerprint density at radius 3 is 2.61 bits per heavy atom. The predicted octanol–water partition coefficient (Wildman–Crippen LogP) is 4.65. The molecule has 3 rings (SSSR count). The number of allylic oxidation sites excluding steroid dienone is 1. The molecule has 1 aromatic carbocycles. The molecule has 1 aromatic rings. The van der Waals surface area contributed by atoms with Crippen LogP contribution in [0.15, 0.2) is 41.5 Å². The Morgan fingerprint density at radius 1 is 1.17 bits per heavy atom. The predicted molar refractivity (Wildman–Crippen MR) is 74.4 cm³/mol. The molecule has 1 heterocycles. The molecular weight excluding hydrogens is 220 g/mol. The van der Waals surface area contributed by atoms with Crippen molar-refractivity contribution in [1.82, 2.24) is 0 Å². The first kappa shape index (κ1) is 12.0. The fourth-order valence-electron chi connectivity index (χ4n) is 3.62. The van der Waals surface area contributed by atoms with Crippen LogP contribution in [0.5, 0.6) is 0 Å². The summed E-state index contributed by atoms with van der Waals surface area (Å²) in [5.41, 5.74) is 4.57. The lowest BCUT2D eigenvalue weighted by Crippen LogP contribution is -2.40. The van der Waals surface area contributed by atoms with Crippen LogP contribution in [0.1, 0.15) is 51.7 Å². The van der Waals surface area contributed by atoms with E-state index >= 15 is 0 Å². The first-order chi connectivity index (χ1) is 8.58. The van der Waals surface area contributed by atoms with Gasteiger partial charge in [0, 0.05) is 5.92 Å². The molecule has 1 heteroatoms. The average molecular weight is 242 g/mol. The molecule has 0 radical (unpaired) electrons. The van der Waals surface area contributed by atoms with Gasteiger partial charge in [-0.15, -0.1) is 0 Å². The van der Waals surface area contributed by atoms with E-state index in [0.717, 1.165) is 6.42 Å². The van der Waals surface area contributed by atoms with Crippen LogP contribution in [0.3, 0.4) is 0 Å². The van der Waals surface area contributed by atoms with E-state index in [1.165, 1.54) is 18.4 Å². The summed E-state index contributed by atoms with van der Waals surface area (Å²) >= 11 is 0. The second kappa shape index (κ2) is 4.24. The molecule has 1 aliphatic heterocycles. The first-order valence-electron chi connectivity index (χ1n) is 6.99. The van der Waals surface area contributed by atoms with Crippen molar-refractivity contribution in [3.8, 4) is 0 Å². The van der Waals surface area contributed by atoms with Crippen molar-refractivity contribution < 1.29 is 4.74 Å². The normalized spacial score (nSPS) is 30.4. The van der Waals surface area contributed by atoms with E-state index in [0.29, 0.717) is 5.92 Å². The van der Waals surface area contributed by atoms with Crippen molar-refractivity contribution >= 4 is 0 Å². The second-order valence-electron chi connectivity index (χ2n) is 6.22. The molecule has 0 bridgehead atoms. The highest BCUT2D eigenvalue weighted by atomic mass is 16.5. The summed E-state index contributed by atoms with van der Waals surface area (Å²) < 4.78 is 6.39. The maximum absolute atomic E-state index is 6.39. The maximum Gasteiger partial charge on any atom is 0.0869 e. The van der Waals surface area contributed by atoms with Crippen LogP contribution in [0.4, 0.5) is 0 Å². The summed E-state index contributed by atoms with van der Waals surface area (Å²) in [5, 5.41) is 0. The molecule has 0 aromatic heterocycles.